The van der Waals surface area contributed by atoms with Crippen LogP contribution in [0.3, 0.4) is 0 Å². The van der Waals surface area contributed by atoms with E-state index in [2.05, 4.69) is 0 Å². The summed E-state index contributed by atoms with van der Waals surface area (Å²) in [5.41, 5.74) is 7.23. The van der Waals surface area contributed by atoms with Crippen LogP contribution in [0.4, 0.5) is 5.69 Å². The Hall–Kier alpha value is -1.31. The lowest BCUT2D eigenvalue weighted by Crippen LogP contribution is -2.00. The Morgan fingerprint density at radius 1 is 1.31 bits per heavy atom. The lowest BCUT2D eigenvalue weighted by molar-refractivity contribution is -0.116. The lowest BCUT2D eigenvalue weighted by atomic mass is 10.1. The largest absolute Gasteiger partial charge is 0.398 e. The highest BCUT2D eigenvalue weighted by atomic mass is 16.1. The van der Waals surface area contributed by atoms with Crippen molar-refractivity contribution in [3.05, 3.63) is 29.8 Å². The second-order valence-electron chi connectivity index (χ2n) is 2.58. The van der Waals surface area contributed by atoms with E-state index in [1.54, 1.807) is 13.0 Å². The first-order valence-electron chi connectivity index (χ1n) is 4.53. The molecule has 0 aliphatic heterocycles. The van der Waals surface area contributed by atoms with Gasteiger partial charge in [-0.15, -0.1) is 0 Å². The maximum atomic E-state index is 10.7. The molecule has 13 heavy (non-hydrogen) atoms. The molecule has 2 nitrogen and oxygen atoms in total. The lowest BCUT2D eigenvalue weighted by Gasteiger charge is -2.00. The zero-order valence-corrected chi connectivity index (χ0v) is 8.50. The highest BCUT2D eigenvalue weighted by Gasteiger charge is 1.99. The van der Waals surface area contributed by atoms with E-state index in [-0.39, 0.29) is 5.78 Å². The molecule has 0 fully saturated rings. The number of Topliss-reactive ketones (excluding diaryl/α,β-unsaturated/α-hetero) is 1. The average molecular weight is 179 g/mol. The van der Waals surface area contributed by atoms with Crippen molar-refractivity contribution < 1.29 is 4.79 Å². The van der Waals surface area contributed by atoms with Gasteiger partial charge in [-0.2, -0.15) is 0 Å². The van der Waals surface area contributed by atoms with Gasteiger partial charge in [0.25, 0.3) is 0 Å². The minimum Gasteiger partial charge on any atom is -0.398 e. The first kappa shape index (κ1) is 11.7. The standard InChI is InChI=1S/C9H11NO.C2H6/c1-7(11)6-8-4-2-3-5-9(8)10;1-2/h2-5H,6,10H2,1H3;1-2H3. The van der Waals surface area contributed by atoms with Crippen LogP contribution < -0.4 is 5.73 Å². The zero-order valence-electron chi connectivity index (χ0n) is 8.50. The fourth-order valence-electron chi connectivity index (χ4n) is 0.963. The van der Waals surface area contributed by atoms with Crippen LogP contribution in [0.15, 0.2) is 24.3 Å². The fraction of sp³-hybridized carbons (Fsp3) is 0.364. The van der Waals surface area contributed by atoms with Crippen LogP contribution in [-0.4, -0.2) is 5.78 Å². The van der Waals surface area contributed by atoms with Crippen LogP contribution in [0, 0.1) is 0 Å². The second-order valence-corrected chi connectivity index (χ2v) is 2.58. The van der Waals surface area contributed by atoms with Gasteiger partial charge in [0.2, 0.25) is 0 Å². The van der Waals surface area contributed by atoms with Gasteiger partial charge < -0.3 is 5.73 Å². The van der Waals surface area contributed by atoms with E-state index < -0.39 is 0 Å². The normalized spacial score (nSPS) is 8.54. The highest BCUT2D eigenvalue weighted by Crippen LogP contribution is 2.10. The Balaban J connectivity index is 0.000000671. The number of nitrogen functional groups attached to an aromatic ring is 1. The summed E-state index contributed by atoms with van der Waals surface area (Å²) in [5, 5.41) is 0. The summed E-state index contributed by atoms with van der Waals surface area (Å²) in [6, 6.07) is 7.42. The molecule has 0 amide bonds. The number of hydrogen-bond acceptors (Lipinski definition) is 2. The van der Waals surface area contributed by atoms with Crippen molar-refractivity contribution >= 4 is 11.5 Å². The fourth-order valence-corrected chi connectivity index (χ4v) is 0.963. The highest BCUT2D eigenvalue weighted by molar-refractivity contribution is 5.79. The summed E-state index contributed by atoms with van der Waals surface area (Å²) in [4.78, 5) is 10.7. The Kier molecular flexibility index (Phi) is 5.60. The number of anilines is 1. The number of carbonyl (C=O) groups is 1. The molecule has 0 saturated heterocycles. The molecule has 0 saturated carbocycles. The maximum absolute atomic E-state index is 10.7. The third-order valence-electron chi connectivity index (χ3n) is 1.49. The Labute approximate surface area is 79.8 Å². The molecule has 0 aliphatic rings. The van der Waals surface area contributed by atoms with Gasteiger partial charge in [0.05, 0.1) is 0 Å². The van der Waals surface area contributed by atoms with E-state index in [0.717, 1.165) is 5.56 Å². The van der Waals surface area contributed by atoms with Crippen LogP contribution in [0.1, 0.15) is 26.3 Å². The van der Waals surface area contributed by atoms with Crippen LogP contribution in [0.2, 0.25) is 0 Å². The number of nitrogens with two attached hydrogens (primary N) is 1. The van der Waals surface area contributed by atoms with E-state index in [0.29, 0.717) is 12.1 Å². The molecule has 0 unspecified atom stereocenters. The molecule has 0 radical (unpaired) electrons. The summed E-state index contributed by atoms with van der Waals surface area (Å²) >= 11 is 0. The third kappa shape index (κ3) is 4.31. The molecule has 0 spiro atoms. The van der Waals surface area contributed by atoms with Gasteiger partial charge >= 0.3 is 0 Å². The maximum Gasteiger partial charge on any atom is 0.134 e. The quantitative estimate of drug-likeness (QED) is 0.708. The van der Waals surface area contributed by atoms with Gasteiger partial charge in [-0.3, -0.25) is 4.79 Å². The van der Waals surface area contributed by atoms with Crippen LogP contribution >= 0.6 is 0 Å². The zero-order chi connectivity index (χ0) is 10.3. The van der Waals surface area contributed by atoms with Gasteiger partial charge in [-0.05, 0) is 18.6 Å². The van der Waals surface area contributed by atoms with Gasteiger partial charge in [0.15, 0.2) is 0 Å². The summed E-state index contributed by atoms with van der Waals surface area (Å²) in [6.07, 6.45) is 0.437. The van der Waals surface area contributed by atoms with Gasteiger partial charge in [-0.25, -0.2) is 0 Å². The van der Waals surface area contributed by atoms with Crippen molar-refractivity contribution in [1.82, 2.24) is 0 Å². The molecule has 72 valence electrons. The first-order valence-corrected chi connectivity index (χ1v) is 4.53. The van der Waals surface area contributed by atoms with Crippen molar-refractivity contribution in [1.29, 1.82) is 0 Å². The number of ketones is 1. The molecule has 0 heterocycles. The second kappa shape index (κ2) is 6.23. The Morgan fingerprint density at radius 2 is 1.85 bits per heavy atom. The van der Waals surface area contributed by atoms with Crippen LogP contribution in [0.5, 0.6) is 0 Å². The minimum absolute atomic E-state index is 0.142. The van der Waals surface area contributed by atoms with Crippen molar-refractivity contribution in [2.45, 2.75) is 27.2 Å². The Morgan fingerprint density at radius 3 is 2.31 bits per heavy atom. The molecule has 2 N–H and O–H groups in total. The van der Waals surface area contributed by atoms with Gasteiger partial charge in [0, 0.05) is 12.1 Å². The van der Waals surface area contributed by atoms with Crippen LogP contribution in [-0.2, 0) is 11.2 Å². The van der Waals surface area contributed by atoms with E-state index in [4.69, 9.17) is 5.73 Å². The first-order chi connectivity index (χ1) is 6.20. The van der Waals surface area contributed by atoms with Crippen molar-refractivity contribution in [2.24, 2.45) is 0 Å². The summed E-state index contributed by atoms with van der Waals surface area (Å²) in [6.45, 7) is 5.56. The molecule has 0 bridgehead atoms. The van der Waals surface area contributed by atoms with Crippen molar-refractivity contribution in [3.8, 4) is 0 Å². The van der Waals surface area contributed by atoms with Gasteiger partial charge in [0.1, 0.15) is 5.78 Å². The summed E-state index contributed by atoms with van der Waals surface area (Å²) in [5.74, 6) is 0.142. The third-order valence-corrected chi connectivity index (χ3v) is 1.49. The summed E-state index contributed by atoms with van der Waals surface area (Å²) < 4.78 is 0. The van der Waals surface area contributed by atoms with E-state index in [9.17, 15) is 4.79 Å². The van der Waals surface area contributed by atoms with E-state index in [1.165, 1.54) is 0 Å². The van der Waals surface area contributed by atoms with Crippen molar-refractivity contribution in [2.75, 3.05) is 5.73 Å². The van der Waals surface area contributed by atoms with Crippen molar-refractivity contribution in [3.63, 3.8) is 0 Å². The molecular formula is C11H17NO. The summed E-state index contributed by atoms with van der Waals surface area (Å²) in [7, 11) is 0. The smallest absolute Gasteiger partial charge is 0.134 e. The number of benzene rings is 1. The molecule has 1 rings (SSSR count). The van der Waals surface area contributed by atoms with Crippen LogP contribution in [0.25, 0.3) is 0 Å². The molecule has 2 heteroatoms. The number of rotatable bonds is 2. The van der Waals surface area contributed by atoms with E-state index >= 15 is 0 Å². The molecule has 0 aromatic heterocycles. The topological polar surface area (TPSA) is 43.1 Å². The number of hydrogen-bond donors (Lipinski definition) is 1. The monoisotopic (exact) mass is 179 g/mol. The molecule has 1 aromatic rings. The molecule has 0 atom stereocenters. The number of para-hydroxylation sites is 1. The predicted molar refractivity (Wildman–Crippen MR) is 56.6 cm³/mol. The average Bonchev–Trinajstić information content (AvgIpc) is 2.12. The number of carbonyl (C=O) groups excluding carboxylic acids is 1. The SMILES string of the molecule is CC.CC(=O)Cc1ccccc1N. The molecular weight excluding hydrogens is 162 g/mol. The predicted octanol–water partition coefficient (Wildman–Crippen LogP) is 2.43. The Bertz CT molecular complexity index is 269. The molecule has 0 aliphatic carbocycles. The van der Waals surface area contributed by atoms with Gasteiger partial charge in [-0.1, -0.05) is 32.0 Å². The van der Waals surface area contributed by atoms with E-state index in [1.807, 2.05) is 32.0 Å². The molecule has 1 aromatic carbocycles. The minimum atomic E-state index is 0.142.